The molecule has 0 spiro atoms. The molecule has 0 bridgehead atoms. The molecule has 4 rings (SSSR count). The zero-order valence-electron chi connectivity index (χ0n) is 13.7. The van der Waals surface area contributed by atoms with Gasteiger partial charge in [0.15, 0.2) is 0 Å². The fourth-order valence-electron chi connectivity index (χ4n) is 3.56. The summed E-state index contributed by atoms with van der Waals surface area (Å²) in [7, 11) is 0. The summed E-state index contributed by atoms with van der Waals surface area (Å²) in [5.74, 6) is 0.874. The fourth-order valence-corrected chi connectivity index (χ4v) is 4.11. The van der Waals surface area contributed by atoms with E-state index in [1.807, 2.05) is 17.8 Å². The van der Waals surface area contributed by atoms with Crippen molar-refractivity contribution in [2.24, 2.45) is 5.92 Å². The van der Waals surface area contributed by atoms with E-state index in [2.05, 4.69) is 31.2 Å². The first-order chi connectivity index (χ1) is 11.8. The SMILES string of the molecule is O=C([C@@H]1C[C@H]1c1cccnc1)N1CCCN(Cc2cscn2)CC1. The monoisotopic (exact) mass is 342 g/mol. The molecule has 0 unspecified atom stereocenters. The van der Waals surface area contributed by atoms with Gasteiger partial charge in [0.1, 0.15) is 0 Å². The second-order valence-electron chi connectivity index (χ2n) is 6.67. The third-order valence-corrected chi connectivity index (χ3v) is 5.62. The molecule has 2 atom stereocenters. The normalized spacial score (nSPS) is 24.6. The Kier molecular flexibility index (Phi) is 4.58. The van der Waals surface area contributed by atoms with Crippen LogP contribution in [-0.4, -0.2) is 51.9 Å². The number of pyridine rings is 1. The van der Waals surface area contributed by atoms with Gasteiger partial charge in [-0.3, -0.25) is 14.7 Å². The summed E-state index contributed by atoms with van der Waals surface area (Å²) in [6, 6.07) is 4.04. The number of thiazole rings is 1. The van der Waals surface area contributed by atoms with Gasteiger partial charge in [-0.1, -0.05) is 6.07 Å². The predicted molar refractivity (Wildman–Crippen MR) is 93.7 cm³/mol. The van der Waals surface area contributed by atoms with Gasteiger partial charge in [-0.05, 0) is 30.4 Å². The van der Waals surface area contributed by atoms with Crippen molar-refractivity contribution >= 4 is 17.2 Å². The van der Waals surface area contributed by atoms with Gasteiger partial charge in [0, 0.05) is 56.4 Å². The highest BCUT2D eigenvalue weighted by Gasteiger charge is 2.45. The van der Waals surface area contributed by atoms with Crippen LogP contribution < -0.4 is 0 Å². The van der Waals surface area contributed by atoms with Gasteiger partial charge in [0.2, 0.25) is 5.91 Å². The maximum absolute atomic E-state index is 12.8. The molecule has 2 fully saturated rings. The number of carbonyl (C=O) groups excluding carboxylic acids is 1. The molecule has 2 aliphatic rings. The maximum Gasteiger partial charge on any atom is 0.226 e. The third-order valence-electron chi connectivity index (χ3n) is 4.99. The maximum atomic E-state index is 12.8. The van der Waals surface area contributed by atoms with Crippen LogP contribution in [0, 0.1) is 5.92 Å². The van der Waals surface area contributed by atoms with E-state index in [4.69, 9.17) is 0 Å². The van der Waals surface area contributed by atoms with Crippen LogP contribution >= 0.6 is 11.3 Å². The molecule has 2 aromatic rings. The number of aromatic nitrogens is 2. The molecule has 126 valence electrons. The number of rotatable bonds is 4. The lowest BCUT2D eigenvalue weighted by Crippen LogP contribution is -2.36. The Balaban J connectivity index is 1.32. The zero-order chi connectivity index (χ0) is 16.4. The summed E-state index contributed by atoms with van der Waals surface area (Å²) in [4.78, 5) is 25.8. The topological polar surface area (TPSA) is 49.3 Å². The minimum atomic E-state index is 0.166. The molecule has 1 saturated heterocycles. The average Bonchev–Trinajstić information content (AvgIpc) is 3.32. The van der Waals surface area contributed by atoms with Gasteiger partial charge in [-0.25, -0.2) is 4.98 Å². The Morgan fingerprint density at radius 3 is 3.04 bits per heavy atom. The van der Waals surface area contributed by atoms with E-state index in [0.717, 1.165) is 51.3 Å². The molecular weight excluding hydrogens is 320 g/mol. The van der Waals surface area contributed by atoms with E-state index in [9.17, 15) is 4.79 Å². The molecule has 2 aromatic heterocycles. The van der Waals surface area contributed by atoms with Gasteiger partial charge < -0.3 is 4.90 Å². The second-order valence-corrected chi connectivity index (χ2v) is 7.39. The Morgan fingerprint density at radius 2 is 2.25 bits per heavy atom. The molecule has 0 N–H and O–H groups in total. The number of nitrogens with zero attached hydrogens (tertiary/aromatic N) is 4. The molecule has 0 aromatic carbocycles. The number of hydrogen-bond donors (Lipinski definition) is 0. The zero-order valence-corrected chi connectivity index (χ0v) is 14.5. The van der Waals surface area contributed by atoms with E-state index in [0.29, 0.717) is 11.8 Å². The molecule has 1 amide bonds. The van der Waals surface area contributed by atoms with Crippen LogP contribution in [0.25, 0.3) is 0 Å². The van der Waals surface area contributed by atoms with Gasteiger partial charge >= 0.3 is 0 Å². The first-order valence-corrected chi connectivity index (χ1v) is 9.53. The van der Waals surface area contributed by atoms with E-state index in [1.165, 1.54) is 5.56 Å². The molecule has 24 heavy (non-hydrogen) atoms. The molecule has 6 heteroatoms. The molecule has 3 heterocycles. The van der Waals surface area contributed by atoms with Crippen LogP contribution in [0.2, 0.25) is 0 Å². The molecule has 1 saturated carbocycles. The molecule has 5 nitrogen and oxygen atoms in total. The summed E-state index contributed by atoms with van der Waals surface area (Å²) in [5, 5.41) is 2.11. The second kappa shape index (κ2) is 6.99. The van der Waals surface area contributed by atoms with Gasteiger partial charge in [-0.2, -0.15) is 0 Å². The van der Waals surface area contributed by atoms with E-state index in [1.54, 1.807) is 17.5 Å². The smallest absolute Gasteiger partial charge is 0.226 e. The van der Waals surface area contributed by atoms with Crippen molar-refractivity contribution in [1.82, 2.24) is 19.8 Å². The largest absolute Gasteiger partial charge is 0.341 e. The van der Waals surface area contributed by atoms with Crippen molar-refractivity contribution in [3.8, 4) is 0 Å². The van der Waals surface area contributed by atoms with Crippen molar-refractivity contribution < 1.29 is 4.79 Å². The van der Waals surface area contributed by atoms with Gasteiger partial charge in [-0.15, -0.1) is 11.3 Å². The molecule has 0 radical (unpaired) electrons. The van der Waals surface area contributed by atoms with E-state index >= 15 is 0 Å². The average molecular weight is 342 g/mol. The predicted octanol–water partition coefficient (Wildman–Crippen LogP) is 2.38. The van der Waals surface area contributed by atoms with Crippen LogP contribution in [-0.2, 0) is 11.3 Å². The lowest BCUT2D eigenvalue weighted by atomic mass is 10.1. The highest BCUT2D eigenvalue weighted by Crippen LogP contribution is 2.48. The van der Waals surface area contributed by atoms with Crippen LogP contribution in [0.3, 0.4) is 0 Å². The summed E-state index contributed by atoms with van der Waals surface area (Å²) in [6.45, 7) is 4.58. The first-order valence-electron chi connectivity index (χ1n) is 8.59. The number of carbonyl (C=O) groups is 1. The highest BCUT2D eigenvalue weighted by molar-refractivity contribution is 7.07. The van der Waals surface area contributed by atoms with Crippen molar-refractivity contribution in [2.45, 2.75) is 25.3 Å². The first kappa shape index (κ1) is 15.7. The summed E-state index contributed by atoms with van der Waals surface area (Å²) in [6.07, 6.45) is 5.70. The minimum absolute atomic E-state index is 0.166. The third kappa shape index (κ3) is 3.49. The number of amides is 1. The van der Waals surface area contributed by atoms with Crippen LogP contribution in [0.4, 0.5) is 0 Å². The molecular formula is C18H22N4OS. The Bertz CT molecular complexity index is 676. The Hall–Kier alpha value is -1.79. The Labute approximate surface area is 146 Å². The molecule has 1 aliphatic heterocycles. The molecule has 1 aliphatic carbocycles. The number of hydrogen-bond acceptors (Lipinski definition) is 5. The van der Waals surface area contributed by atoms with Crippen molar-refractivity contribution in [1.29, 1.82) is 0 Å². The lowest BCUT2D eigenvalue weighted by Gasteiger charge is -2.21. The van der Waals surface area contributed by atoms with E-state index in [-0.39, 0.29) is 5.92 Å². The lowest BCUT2D eigenvalue weighted by molar-refractivity contribution is -0.132. The van der Waals surface area contributed by atoms with Crippen molar-refractivity contribution in [2.75, 3.05) is 26.2 Å². The van der Waals surface area contributed by atoms with Crippen LogP contribution in [0.1, 0.15) is 30.0 Å². The fraction of sp³-hybridized carbons (Fsp3) is 0.500. The summed E-state index contributed by atoms with van der Waals surface area (Å²) < 4.78 is 0. The van der Waals surface area contributed by atoms with Gasteiger partial charge in [0.05, 0.1) is 11.2 Å². The highest BCUT2D eigenvalue weighted by atomic mass is 32.1. The van der Waals surface area contributed by atoms with Gasteiger partial charge in [0.25, 0.3) is 0 Å². The minimum Gasteiger partial charge on any atom is -0.341 e. The quantitative estimate of drug-likeness (QED) is 0.856. The standard InChI is InChI=1S/C18H22N4OS/c23-18(17-9-16(17)14-3-1-4-19-10-14)22-6-2-5-21(7-8-22)11-15-12-24-13-20-15/h1,3-4,10,12-13,16-17H,2,5-9,11H2/t16-,17+/m0/s1. The summed E-state index contributed by atoms with van der Waals surface area (Å²) in [5.41, 5.74) is 4.23. The Morgan fingerprint density at radius 1 is 1.29 bits per heavy atom. The van der Waals surface area contributed by atoms with Crippen molar-refractivity contribution in [3.63, 3.8) is 0 Å². The van der Waals surface area contributed by atoms with Crippen molar-refractivity contribution in [3.05, 3.63) is 46.7 Å². The van der Waals surface area contributed by atoms with Crippen LogP contribution in [0.15, 0.2) is 35.4 Å². The summed E-state index contributed by atoms with van der Waals surface area (Å²) >= 11 is 1.64. The van der Waals surface area contributed by atoms with E-state index < -0.39 is 0 Å². The van der Waals surface area contributed by atoms with Crippen LogP contribution in [0.5, 0.6) is 0 Å².